The number of benzene rings is 2. The molecule has 30 heavy (non-hydrogen) atoms. The monoisotopic (exact) mass is 401 g/mol. The van der Waals surface area contributed by atoms with Gasteiger partial charge in [0.05, 0.1) is 36.8 Å². The molecule has 2 aromatic heterocycles. The molecule has 1 aliphatic heterocycles. The van der Waals surface area contributed by atoms with E-state index in [0.29, 0.717) is 24.1 Å². The Morgan fingerprint density at radius 3 is 2.93 bits per heavy atom. The van der Waals surface area contributed by atoms with Gasteiger partial charge in [-0.25, -0.2) is 4.98 Å². The van der Waals surface area contributed by atoms with Crippen LogP contribution in [0.5, 0.6) is 5.75 Å². The van der Waals surface area contributed by atoms with Gasteiger partial charge in [-0.3, -0.25) is 9.59 Å². The molecule has 0 spiro atoms. The molecule has 5 rings (SSSR count). The van der Waals surface area contributed by atoms with E-state index in [1.165, 1.54) is 6.07 Å². The Kier molecular flexibility index (Phi) is 4.35. The number of rotatable bonds is 3. The number of methoxy groups -OCH3 is 1. The minimum Gasteiger partial charge on any atom is -0.497 e. The zero-order valence-corrected chi connectivity index (χ0v) is 16.3. The molecule has 150 valence electrons. The predicted octanol–water partition coefficient (Wildman–Crippen LogP) is 3.31. The standard InChI is InChI=1S/C23H19N3O4/c1-29-15-6-4-5-14(9-15)17-11-26(12-18-22(17)25-13-24-18)23(28)21-10-19(27)16-7-2-3-8-20(16)30-21/h2-10,13,17H,11-12H2,1H3,(H,24,25). The summed E-state index contributed by atoms with van der Waals surface area (Å²) in [6, 6.07) is 15.9. The Hall–Kier alpha value is -3.87. The summed E-state index contributed by atoms with van der Waals surface area (Å²) in [5.41, 5.74) is 2.94. The van der Waals surface area contributed by atoms with E-state index in [1.807, 2.05) is 24.3 Å². The molecule has 0 fully saturated rings. The fourth-order valence-corrected chi connectivity index (χ4v) is 3.96. The molecule has 0 saturated heterocycles. The van der Waals surface area contributed by atoms with Gasteiger partial charge in [0.1, 0.15) is 11.3 Å². The van der Waals surface area contributed by atoms with Crippen LogP contribution in [0.2, 0.25) is 0 Å². The predicted molar refractivity (Wildman–Crippen MR) is 111 cm³/mol. The van der Waals surface area contributed by atoms with Crippen molar-refractivity contribution in [3.8, 4) is 5.75 Å². The molecule has 1 atom stereocenters. The molecule has 0 saturated carbocycles. The number of nitrogens with one attached hydrogen (secondary N) is 1. The van der Waals surface area contributed by atoms with E-state index in [2.05, 4.69) is 9.97 Å². The van der Waals surface area contributed by atoms with Gasteiger partial charge in [-0.1, -0.05) is 24.3 Å². The zero-order chi connectivity index (χ0) is 20.7. The van der Waals surface area contributed by atoms with E-state index in [1.54, 1.807) is 42.6 Å². The number of para-hydroxylation sites is 1. The summed E-state index contributed by atoms with van der Waals surface area (Å²) in [5, 5.41) is 0.456. The van der Waals surface area contributed by atoms with Gasteiger partial charge < -0.3 is 19.0 Å². The lowest BCUT2D eigenvalue weighted by Crippen LogP contribution is -2.39. The maximum atomic E-state index is 13.3. The van der Waals surface area contributed by atoms with Gasteiger partial charge in [-0.05, 0) is 29.8 Å². The van der Waals surface area contributed by atoms with Crippen molar-refractivity contribution in [1.82, 2.24) is 14.9 Å². The van der Waals surface area contributed by atoms with Crippen LogP contribution in [0.15, 0.2) is 70.1 Å². The number of fused-ring (bicyclic) bond motifs is 2. The third-order valence-corrected chi connectivity index (χ3v) is 5.46. The Bertz CT molecular complexity index is 1310. The van der Waals surface area contributed by atoms with E-state index in [4.69, 9.17) is 9.15 Å². The van der Waals surface area contributed by atoms with Crippen LogP contribution in [0, 0.1) is 0 Å². The molecule has 4 aromatic rings. The van der Waals surface area contributed by atoms with Crippen molar-refractivity contribution in [2.45, 2.75) is 12.5 Å². The number of aromatic nitrogens is 2. The van der Waals surface area contributed by atoms with Gasteiger partial charge in [0, 0.05) is 18.5 Å². The molecule has 1 aliphatic rings. The lowest BCUT2D eigenvalue weighted by molar-refractivity contribution is 0.0690. The van der Waals surface area contributed by atoms with Crippen molar-refractivity contribution in [3.63, 3.8) is 0 Å². The summed E-state index contributed by atoms with van der Waals surface area (Å²) in [5.74, 6) is 0.330. The largest absolute Gasteiger partial charge is 0.497 e. The second-order valence-electron chi connectivity index (χ2n) is 7.25. The third kappa shape index (κ3) is 3.04. The van der Waals surface area contributed by atoms with Crippen LogP contribution < -0.4 is 10.2 Å². The molecule has 0 aliphatic carbocycles. The van der Waals surface area contributed by atoms with E-state index < -0.39 is 0 Å². The van der Waals surface area contributed by atoms with Crippen LogP contribution in [0.3, 0.4) is 0 Å². The number of nitrogens with zero attached hydrogens (tertiary/aromatic N) is 2. The van der Waals surface area contributed by atoms with Crippen LogP contribution in [0.4, 0.5) is 0 Å². The van der Waals surface area contributed by atoms with Crippen molar-refractivity contribution in [2.75, 3.05) is 13.7 Å². The smallest absolute Gasteiger partial charge is 0.290 e. The van der Waals surface area contributed by atoms with Crippen molar-refractivity contribution in [3.05, 3.63) is 93.9 Å². The summed E-state index contributed by atoms with van der Waals surface area (Å²) in [4.78, 5) is 35.0. The zero-order valence-electron chi connectivity index (χ0n) is 16.3. The number of amides is 1. The highest BCUT2D eigenvalue weighted by Crippen LogP contribution is 2.33. The van der Waals surface area contributed by atoms with Crippen molar-refractivity contribution >= 4 is 16.9 Å². The second-order valence-corrected chi connectivity index (χ2v) is 7.25. The number of hydrogen-bond donors (Lipinski definition) is 1. The average Bonchev–Trinajstić information content (AvgIpc) is 3.26. The van der Waals surface area contributed by atoms with Crippen LogP contribution in [-0.2, 0) is 6.54 Å². The highest BCUT2D eigenvalue weighted by atomic mass is 16.5. The summed E-state index contributed by atoms with van der Waals surface area (Å²) in [7, 11) is 1.62. The topological polar surface area (TPSA) is 88.4 Å². The molecule has 1 N–H and O–H groups in total. The van der Waals surface area contributed by atoms with Crippen molar-refractivity contribution in [1.29, 1.82) is 0 Å². The fraction of sp³-hybridized carbons (Fsp3) is 0.174. The fourth-order valence-electron chi connectivity index (χ4n) is 3.96. The number of hydrogen-bond acceptors (Lipinski definition) is 5. The first kappa shape index (κ1) is 18.2. The molecule has 7 heteroatoms. The molecule has 0 bridgehead atoms. The molecule has 0 radical (unpaired) electrons. The quantitative estimate of drug-likeness (QED) is 0.569. The highest BCUT2D eigenvalue weighted by molar-refractivity contribution is 5.93. The molecular weight excluding hydrogens is 382 g/mol. The first-order valence-electron chi connectivity index (χ1n) is 9.62. The van der Waals surface area contributed by atoms with Gasteiger partial charge in [0.25, 0.3) is 5.91 Å². The van der Waals surface area contributed by atoms with Crippen LogP contribution in [-0.4, -0.2) is 34.4 Å². The van der Waals surface area contributed by atoms with Gasteiger partial charge in [-0.15, -0.1) is 0 Å². The highest BCUT2D eigenvalue weighted by Gasteiger charge is 2.33. The van der Waals surface area contributed by atoms with Crippen molar-refractivity contribution < 1.29 is 13.9 Å². The third-order valence-electron chi connectivity index (χ3n) is 5.46. The summed E-state index contributed by atoms with van der Waals surface area (Å²) in [6.45, 7) is 0.783. The number of ether oxygens (including phenoxy) is 1. The number of carbonyl (C=O) groups is 1. The second kappa shape index (κ2) is 7.18. The summed E-state index contributed by atoms with van der Waals surface area (Å²) in [6.07, 6.45) is 1.64. The Morgan fingerprint density at radius 2 is 2.07 bits per heavy atom. The number of aromatic amines is 1. The summed E-state index contributed by atoms with van der Waals surface area (Å²) >= 11 is 0. The minimum absolute atomic E-state index is 0.0334. The lowest BCUT2D eigenvalue weighted by Gasteiger charge is -2.32. The molecule has 7 nitrogen and oxygen atoms in total. The van der Waals surface area contributed by atoms with E-state index in [0.717, 1.165) is 22.7 Å². The van der Waals surface area contributed by atoms with E-state index >= 15 is 0 Å². The molecule has 2 aromatic carbocycles. The molecule has 3 heterocycles. The number of H-pyrrole nitrogens is 1. The van der Waals surface area contributed by atoms with Gasteiger partial charge in [0.2, 0.25) is 0 Å². The Morgan fingerprint density at radius 1 is 1.20 bits per heavy atom. The van der Waals surface area contributed by atoms with E-state index in [9.17, 15) is 9.59 Å². The number of imidazole rings is 1. The van der Waals surface area contributed by atoms with Crippen LogP contribution >= 0.6 is 0 Å². The molecule has 1 amide bonds. The normalized spacial score (nSPS) is 15.8. The molecular formula is C23H19N3O4. The van der Waals surface area contributed by atoms with Gasteiger partial charge >= 0.3 is 0 Å². The maximum absolute atomic E-state index is 13.3. The first-order chi connectivity index (χ1) is 14.6. The summed E-state index contributed by atoms with van der Waals surface area (Å²) < 4.78 is 11.1. The van der Waals surface area contributed by atoms with Gasteiger partial charge in [0.15, 0.2) is 11.2 Å². The van der Waals surface area contributed by atoms with Crippen LogP contribution in [0.1, 0.15) is 33.4 Å². The Balaban J connectivity index is 1.53. The minimum atomic E-state index is -0.328. The SMILES string of the molecule is COc1cccc(C2CN(C(=O)c3cc(=O)c4ccccc4o3)Cc3[nH]cnc32)c1. The maximum Gasteiger partial charge on any atom is 0.290 e. The van der Waals surface area contributed by atoms with Crippen LogP contribution in [0.25, 0.3) is 11.0 Å². The number of carbonyl (C=O) groups excluding carboxylic acids is 1. The Labute approximate surface area is 171 Å². The van der Waals surface area contributed by atoms with Crippen molar-refractivity contribution in [2.24, 2.45) is 0 Å². The van der Waals surface area contributed by atoms with Gasteiger partial charge in [-0.2, -0.15) is 0 Å². The average molecular weight is 401 g/mol. The first-order valence-corrected chi connectivity index (χ1v) is 9.62. The molecule has 1 unspecified atom stereocenters. The lowest BCUT2D eigenvalue weighted by atomic mass is 9.90. The van der Waals surface area contributed by atoms with E-state index in [-0.39, 0.29) is 23.0 Å².